The Morgan fingerprint density at radius 2 is 1.83 bits per heavy atom. The Hall–Kier alpha value is -2.49. The average molecular weight is 257 g/mol. The molecule has 0 bridgehead atoms. The molecule has 1 aromatic carbocycles. The monoisotopic (exact) mass is 257 g/mol. The molecule has 0 aliphatic heterocycles. The van der Waals surface area contributed by atoms with Crippen molar-refractivity contribution in [1.82, 2.24) is 0 Å². The molecule has 18 heavy (non-hydrogen) atoms. The van der Waals surface area contributed by atoms with Gasteiger partial charge in [-0.2, -0.15) is 13.2 Å². The van der Waals surface area contributed by atoms with E-state index in [0.717, 1.165) is 6.07 Å². The van der Waals surface area contributed by atoms with Gasteiger partial charge in [0.15, 0.2) is 0 Å². The van der Waals surface area contributed by atoms with Crippen LogP contribution >= 0.6 is 0 Å². The molecule has 0 aliphatic rings. The smallest absolute Gasteiger partial charge is 0.416 e. The van der Waals surface area contributed by atoms with E-state index >= 15 is 0 Å². The normalized spacial score (nSPS) is 10.4. The third kappa shape index (κ3) is 3.52. The zero-order valence-electron chi connectivity index (χ0n) is 8.71. The molecule has 0 aromatic heterocycles. The minimum absolute atomic E-state index is 0.249. The Morgan fingerprint density at radius 3 is 2.28 bits per heavy atom. The quantitative estimate of drug-likeness (QED) is 0.743. The lowest BCUT2D eigenvalue weighted by Crippen LogP contribution is -2.09. The number of carbonyl (C=O) groups is 2. The van der Waals surface area contributed by atoms with E-state index in [2.05, 4.69) is 5.92 Å². The Labute approximate surface area is 99.2 Å². The summed E-state index contributed by atoms with van der Waals surface area (Å²) in [4.78, 5) is 21.0. The topological polar surface area (TPSA) is 80.4 Å². The van der Waals surface area contributed by atoms with Crippen LogP contribution in [0.2, 0.25) is 0 Å². The van der Waals surface area contributed by atoms with E-state index < -0.39 is 29.2 Å². The van der Waals surface area contributed by atoms with Crippen molar-refractivity contribution < 1.29 is 27.9 Å². The highest BCUT2D eigenvalue weighted by atomic mass is 19.4. The maximum atomic E-state index is 12.5. The van der Waals surface area contributed by atoms with Crippen molar-refractivity contribution in [2.24, 2.45) is 5.73 Å². The number of aromatic carboxylic acids is 1. The summed E-state index contributed by atoms with van der Waals surface area (Å²) < 4.78 is 37.4. The van der Waals surface area contributed by atoms with E-state index in [-0.39, 0.29) is 5.56 Å². The molecule has 4 nitrogen and oxygen atoms in total. The van der Waals surface area contributed by atoms with Crippen molar-refractivity contribution in [3.05, 3.63) is 34.9 Å². The fourth-order valence-corrected chi connectivity index (χ4v) is 1.12. The second kappa shape index (κ2) is 4.79. The predicted octanol–water partition coefficient (Wildman–Crippen LogP) is 1.24. The van der Waals surface area contributed by atoms with E-state index in [0.29, 0.717) is 12.1 Å². The zero-order valence-corrected chi connectivity index (χ0v) is 8.71. The van der Waals surface area contributed by atoms with Crippen molar-refractivity contribution in [2.45, 2.75) is 6.18 Å². The highest BCUT2D eigenvalue weighted by Gasteiger charge is 2.31. The molecule has 1 aromatic rings. The number of benzene rings is 1. The summed E-state index contributed by atoms with van der Waals surface area (Å²) in [5.74, 6) is 1.35. The van der Waals surface area contributed by atoms with Crippen molar-refractivity contribution in [3.8, 4) is 11.8 Å². The number of hydrogen-bond acceptors (Lipinski definition) is 2. The van der Waals surface area contributed by atoms with Crippen LogP contribution in [0.15, 0.2) is 18.2 Å². The van der Waals surface area contributed by atoms with Gasteiger partial charge in [0.05, 0.1) is 11.1 Å². The van der Waals surface area contributed by atoms with E-state index in [4.69, 9.17) is 10.8 Å². The number of halogens is 3. The molecule has 0 saturated heterocycles. The third-order valence-corrected chi connectivity index (χ3v) is 1.84. The largest absolute Gasteiger partial charge is 0.478 e. The molecule has 1 amide bonds. The molecule has 0 aliphatic carbocycles. The number of carbonyl (C=O) groups excluding carboxylic acids is 1. The lowest BCUT2D eigenvalue weighted by molar-refractivity contribution is -0.137. The number of primary amides is 1. The number of hydrogen-bond donors (Lipinski definition) is 2. The Bertz CT molecular complexity index is 567. The molecule has 0 fully saturated rings. The number of carboxylic acids is 1. The van der Waals surface area contributed by atoms with Gasteiger partial charge in [-0.15, -0.1) is 0 Å². The highest BCUT2D eigenvalue weighted by Crippen LogP contribution is 2.30. The Kier molecular flexibility index (Phi) is 3.61. The number of rotatable bonds is 1. The molecule has 0 heterocycles. The summed E-state index contributed by atoms with van der Waals surface area (Å²) in [6.45, 7) is 0. The highest BCUT2D eigenvalue weighted by molar-refractivity contribution is 5.93. The molecule has 0 radical (unpaired) electrons. The summed E-state index contributed by atoms with van der Waals surface area (Å²) >= 11 is 0. The molecule has 0 saturated carbocycles. The van der Waals surface area contributed by atoms with Crippen LogP contribution in [-0.4, -0.2) is 17.0 Å². The first-order chi connectivity index (χ1) is 8.20. The number of carboxylic acid groups (broad SMARTS) is 1. The van der Waals surface area contributed by atoms with Gasteiger partial charge in [-0.1, -0.05) is 5.92 Å². The van der Waals surface area contributed by atoms with Crippen LogP contribution in [0.1, 0.15) is 21.5 Å². The fraction of sp³-hybridized carbons (Fsp3) is 0.0909. The van der Waals surface area contributed by atoms with Crippen LogP contribution in [0.25, 0.3) is 0 Å². The van der Waals surface area contributed by atoms with Gasteiger partial charge in [0.25, 0.3) is 5.91 Å². The van der Waals surface area contributed by atoms with E-state index in [1.54, 1.807) is 0 Å². The zero-order chi connectivity index (χ0) is 13.9. The van der Waals surface area contributed by atoms with Gasteiger partial charge in [0, 0.05) is 5.56 Å². The van der Waals surface area contributed by atoms with Gasteiger partial charge in [-0.3, -0.25) is 4.79 Å². The first-order valence-corrected chi connectivity index (χ1v) is 4.47. The van der Waals surface area contributed by atoms with Gasteiger partial charge in [-0.05, 0) is 24.1 Å². The molecule has 0 spiro atoms. The van der Waals surface area contributed by atoms with Crippen LogP contribution in [0.5, 0.6) is 0 Å². The van der Waals surface area contributed by atoms with Crippen molar-refractivity contribution >= 4 is 11.9 Å². The fourth-order valence-electron chi connectivity index (χ4n) is 1.12. The van der Waals surface area contributed by atoms with Gasteiger partial charge >= 0.3 is 12.1 Å². The summed E-state index contributed by atoms with van der Waals surface area (Å²) in [7, 11) is 0. The maximum Gasteiger partial charge on any atom is 0.416 e. The van der Waals surface area contributed by atoms with Gasteiger partial charge in [0.2, 0.25) is 0 Å². The van der Waals surface area contributed by atoms with Crippen LogP contribution in [0.3, 0.4) is 0 Å². The van der Waals surface area contributed by atoms with E-state index in [1.165, 1.54) is 0 Å². The molecular formula is C11H6F3NO3. The Morgan fingerprint density at radius 1 is 1.22 bits per heavy atom. The minimum Gasteiger partial charge on any atom is -0.478 e. The lowest BCUT2D eigenvalue weighted by Gasteiger charge is -2.08. The molecule has 1 rings (SSSR count). The summed E-state index contributed by atoms with van der Waals surface area (Å²) in [6, 6.07) is 2.05. The summed E-state index contributed by atoms with van der Waals surface area (Å²) in [5, 5.41) is 8.67. The van der Waals surface area contributed by atoms with Gasteiger partial charge < -0.3 is 10.8 Å². The van der Waals surface area contributed by atoms with Crippen LogP contribution in [0.4, 0.5) is 13.2 Å². The molecule has 94 valence electrons. The molecule has 0 unspecified atom stereocenters. The maximum absolute atomic E-state index is 12.5. The van der Waals surface area contributed by atoms with Crippen LogP contribution in [-0.2, 0) is 11.0 Å². The van der Waals surface area contributed by atoms with Gasteiger partial charge in [-0.25, -0.2) is 4.79 Å². The first kappa shape index (κ1) is 13.6. The molecule has 7 heteroatoms. The van der Waals surface area contributed by atoms with Crippen molar-refractivity contribution in [2.75, 3.05) is 0 Å². The Balaban J connectivity index is 3.37. The first-order valence-electron chi connectivity index (χ1n) is 4.47. The summed E-state index contributed by atoms with van der Waals surface area (Å²) in [5.41, 5.74) is 2.73. The van der Waals surface area contributed by atoms with Crippen molar-refractivity contribution in [1.29, 1.82) is 0 Å². The average Bonchev–Trinajstić information content (AvgIpc) is 2.24. The minimum atomic E-state index is -4.70. The number of amides is 1. The summed E-state index contributed by atoms with van der Waals surface area (Å²) in [6.07, 6.45) is -4.70. The molecule has 0 atom stereocenters. The number of nitrogens with two attached hydrogens (primary N) is 1. The standard InChI is InChI=1S/C11H6F3NO3/c12-11(13,14)8-4-6(1-2-9(15)16)3-7(5-8)10(17)18/h3-5H,(H2,15,16)(H,17,18). The molecule has 3 N–H and O–H groups in total. The van der Waals surface area contributed by atoms with E-state index in [1.807, 2.05) is 5.92 Å². The van der Waals surface area contributed by atoms with Crippen molar-refractivity contribution in [3.63, 3.8) is 0 Å². The SMILES string of the molecule is NC(=O)C#Cc1cc(C(=O)O)cc(C(F)(F)F)c1. The van der Waals surface area contributed by atoms with Crippen LogP contribution in [0, 0.1) is 11.8 Å². The lowest BCUT2D eigenvalue weighted by atomic mass is 10.1. The number of alkyl halides is 3. The molecular weight excluding hydrogens is 251 g/mol. The predicted molar refractivity (Wildman–Crippen MR) is 54.5 cm³/mol. The second-order valence-corrected chi connectivity index (χ2v) is 3.22. The second-order valence-electron chi connectivity index (χ2n) is 3.22. The van der Waals surface area contributed by atoms with Crippen LogP contribution < -0.4 is 5.73 Å². The van der Waals surface area contributed by atoms with E-state index in [9.17, 15) is 22.8 Å². The van der Waals surface area contributed by atoms with Gasteiger partial charge in [0.1, 0.15) is 0 Å². The third-order valence-electron chi connectivity index (χ3n) is 1.84.